The molecule has 15 nitrogen and oxygen atoms in total. The number of halogens is 5. The maximum atomic E-state index is 13.4. The van der Waals surface area contributed by atoms with E-state index in [1.54, 1.807) is 28.0 Å². The van der Waals surface area contributed by atoms with Crippen LogP contribution >= 0.6 is 0 Å². The molecule has 0 aliphatic carbocycles. The Morgan fingerprint density at radius 1 is 0.702 bits per heavy atom. The minimum atomic E-state index is -5.83. The molecule has 9 rings (SSSR count). The Bertz CT molecular complexity index is 2870. The van der Waals surface area contributed by atoms with Crippen LogP contribution in [-0.4, -0.2) is 81.7 Å². The molecule has 1 aliphatic heterocycles. The molecule has 0 unspecified atom stereocenters. The van der Waals surface area contributed by atoms with Gasteiger partial charge in [0, 0.05) is 71.3 Å². The average molecular weight is 811 g/mol. The van der Waals surface area contributed by atoms with Crippen molar-refractivity contribution in [2.45, 2.75) is 44.4 Å². The third kappa shape index (κ3) is 7.87. The number of aryl methyl sites for hydroxylation is 2. The van der Waals surface area contributed by atoms with Crippen LogP contribution < -0.4 is 9.65 Å². The van der Waals surface area contributed by atoms with Crippen LogP contribution in [0, 0.1) is 11.6 Å². The number of hydrogen-bond donors (Lipinski definition) is 2. The van der Waals surface area contributed by atoms with Gasteiger partial charge in [-0.3, -0.25) is 14.3 Å². The predicted octanol–water partition coefficient (Wildman–Crippen LogP) is 5.85. The zero-order valence-corrected chi connectivity index (χ0v) is 31.7. The number of alkyl halides is 3. The Balaban J connectivity index is 0.000000133. The highest BCUT2D eigenvalue weighted by Gasteiger charge is 2.52. The second kappa shape index (κ2) is 14.2. The Kier molecular flexibility index (Phi) is 9.77. The first-order valence-corrected chi connectivity index (χ1v) is 18.3. The fraction of sp³-hybridized carbons (Fsp3) is 0.257. The van der Waals surface area contributed by atoms with Crippen LogP contribution in [0.15, 0.2) is 73.8 Å². The fourth-order valence-electron chi connectivity index (χ4n) is 5.74. The molecule has 8 aromatic rings. The van der Waals surface area contributed by atoms with E-state index in [9.17, 15) is 30.4 Å². The van der Waals surface area contributed by atoms with Gasteiger partial charge < -0.3 is 23.5 Å². The van der Waals surface area contributed by atoms with Crippen LogP contribution in [0.1, 0.15) is 27.7 Å². The monoisotopic (exact) mass is 810 g/mol. The minimum Gasteiger partial charge on any atom is -0.399 e. The summed E-state index contributed by atoms with van der Waals surface area (Å²) in [7, 11) is -2.39. The molecule has 296 valence electrons. The molecule has 1 saturated heterocycles. The van der Waals surface area contributed by atoms with E-state index in [1.807, 2.05) is 60.3 Å². The first-order chi connectivity index (χ1) is 26.7. The Hall–Kier alpha value is -6.00. The predicted molar refractivity (Wildman–Crippen MR) is 199 cm³/mol. The molecule has 0 radical (unpaired) electrons. The molecule has 0 aromatic carbocycles. The molecule has 1 aliphatic rings. The van der Waals surface area contributed by atoms with Crippen LogP contribution in [0.25, 0.3) is 55.1 Å². The molecular weight excluding hydrogens is 778 g/mol. The lowest BCUT2D eigenvalue weighted by molar-refractivity contribution is -0.0501. The Morgan fingerprint density at radius 3 is 1.74 bits per heavy atom. The van der Waals surface area contributed by atoms with Crippen molar-refractivity contribution in [1.82, 2.24) is 49.5 Å². The lowest BCUT2D eigenvalue weighted by atomic mass is 9.82. The number of aromatic nitrogens is 10. The number of hydrogen-bond acceptors (Lipinski definition) is 11. The van der Waals surface area contributed by atoms with Crippen LogP contribution in [0.5, 0.6) is 5.88 Å². The van der Waals surface area contributed by atoms with Gasteiger partial charge in [0.2, 0.25) is 5.88 Å². The third-order valence-corrected chi connectivity index (χ3v) is 10.3. The number of H-pyrrole nitrogens is 2. The summed E-state index contributed by atoms with van der Waals surface area (Å²) in [6.07, 6.45) is 12.3. The van der Waals surface area contributed by atoms with Crippen molar-refractivity contribution in [3.8, 4) is 17.1 Å². The third-order valence-electron chi connectivity index (χ3n) is 9.31. The van der Waals surface area contributed by atoms with Gasteiger partial charge in [-0.2, -0.15) is 31.8 Å². The van der Waals surface area contributed by atoms with E-state index in [0.717, 1.165) is 57.5 Å². The smallest absolute Gasteiger partial charge is 0.399 e. The lowest BCUT2D eigenvalue weighted by Gasteiger charge is -2.32. The minimum absolute atomic E-state index is 0.226. The molecule has 0 amide bonds. The number of nitrogens with one attached hydrogen (secondary N) is 2. The highest BCUT2D eigenvalue weighted by Crippen LogP contribution is 2.36. The Labute approximate surface area is 320 Å². The lowest BCUT2D eigenvalue weighted by Crippen LogP contribution is -2.41. The van der Waals surface area contributed by atoms with Gasteiger partial charge in [0.05, 0.1) is 58.9 Å². The summed E-state index contributed by atoms with van der Waals surface area (Å²) in [5, 5.41) is 10.4. The summed E-state index contributed by atoms with van der Waals surface area (Å²) in [6, 6.07) is 5.46. The second-order valence-corrected chi connectivity index (χ2v) is 15.5. The zero-order valence-electron chi connectivity index (χ0n) is 30.9. The van der Waals surface area contributed by atoms with Crippen LogP contribution in [-0.2, 0) is 33.5 Å². The first kappa shape index (κ1) is 39.2. The summed E-state index contributed by atoms with van der Waals surface area (Å²) in [6.45, 7) is 8.18. The molecule has 1 fully saturated rings. The number of pyridine rings is 4. The van der Waals surface area contributed by atoms with E-state index in [0.29, 0.717) is 11.2 Å². The van der Waals surface area contributed by atoms with Gasteiger partial charge in [-0.05, 0) is 45.9 Å². The maximum Gasteiger partial charge on any atom is 0.534 e. The quantitative estimate of drug-likeness (QED) is 0.0943. The molecular formula is C35H32BF5N10O5S. The molecule has 2 N–H and O–H groups in total. The molecule has 22 heteroatoms. The average Bonchev–Trinajstić information content (AvgIpc) is 3.95. The van der Waals surface area contributed by atoms with Crippen LogP contribution in [0.4, 0.5) is 22.0 Å². The van der Waals surface area contributed by atoms with Crippen molar-refractivity contribution >= 4 is 66.6 Å². The van der Waals surface area contributed by atoms with E-state index in [1.165, 1.54) is 12.3 Å². The standard InChI is InChI=1S/C14H10FN5.C11H5F4N3O3S.C10H17BN2O2/c1-20-7-8(4-18-20)12-3-10-11-2-9(15)5-17-14(11)19-13(10)6-16-12;12-5-1-7-6-2-9(21-22(19,20)11(13,14)15)16-4-8(6)18-10(7)17-3-5;1-9(2)10(3,4)15-11(14-9)8-6-12-13(5)7-8/h2-7H,1H3,(H,17,19);1-4H,(H,17,18);6-7H,1-5H3. The van der Waals surface area contributed by atoms with Crippen molar-refractivity contribution in [2.75, 3.05) is 0 Å². The van der Waals surface area contributed by atoms with Gasteiger partial charge in [-0.1, -0.05) is 0 Å². The Morgan fingerprint density at radius 2 is 1.23 bits per heavy atom. The molecule has 0 bridgehead atoms. The summed E-state index contributed by atoms with van der Waals surface area (Å²) < 4.78 is 104. The van der Waals surface area contributed by atoms with Gasteiger partial charge in [0.1, 0.15) is 22.9 Å². The summed E-state index contributed by atoms with van der Waals surface area (Å²) in [5.74, 6) is -1.79. The molecule has 0 atom stereocenters. The summed E-state index contributed by atoms with van der Waals surface area (Å²) in [4.78, 5) is 21.6. The second-order valence-electron chi connectivity index (χ2n) is 14.0. The molecule has 8 aromatic heterocycles. The van der Waals surface area contributed by atoms with Crippen molar-refractivity contribution in [2.24, 2.45) is 14.1 Å². The van der Waals surface area contributed by atoms with Gasteiger partial charge in [0.25, 0.3) is 0 Å². The van der Waals surface area contributed by atoms with Crippen molar-refractivity contribution in [1.29, 1.82) is 0 Å². The molecule has 9 heterocycles. The highest BCUT2D eigenvalue weighted by atomic mass is 32.2. The number of rotatable bonds is 4. The van der Waals surface area contributed by atoms with E-state index in [2.05, 4.69) is 44.3 Å². The number of fused-ring (bicyclic) bond motifs is 6. The van der Waals surface area contributed by atoms with Crippen molar-refractivity contribution in [3.05, 3.63) is 85.5 Å². The zero-order chi connectivity index (χ0) is 41.1. The van der Waals surface area contributed by atoms with Gasteiger partial charge in [0.15, 0.2) is 0 Å². The largest absolute Gasteiger partial charge is 0.534 e. The van der Waals surface area contributed by atoms with E-state index in [4.69, 9.17) is 9.31 Å². The van der Waals surface area contributed by atoms with Crippen molar-refractivity contribution < 1.29 is 43.9 Å². The van der Waals surface area contributed by atoms with E-state index in [-0.39, 0.29) is 40.6 Å². The SMILES string of the molecule is Cn1cc(-c2cc3c(cn2)[nH]c2ncc(F)cc23)cn1.Cn1cc(B2OC(C)(C)C(C)(C)O2)cn1.O=S(=O)(Oc1cc2c(cn1)[nH]c1ncc(F)cc12)C(F)(F)F. The highest BCUT2D eigenvalue weighted by molar-refractivity contribution is 7.87. The van der Waals surface area contributed by atoms with Crippen LogP contribution in [0.2, 0.25) is 0 Å². The molecule has 0 saturated carbocycles. The van der Waals surface area contributed by atoms with E-state index < -0.39 is 27.3 Å². The van der Waals surface area contributed by atoms with Gasteiger partial charge in [-0.25, -0.2) is 23.7 Å². The fourth-order valence-corrected chi connectivity index (χ4v) is 6.15. The number of aromatic amines is 2. The first-order valence-electron chi connectivity index (χ1n) is 16.9. The molecule has 57 heavy (non-hydrogen) atoms. The maximum absolute atomic E-state index is 13.4. The summed E-state index contributed by atoms with van der Waals surface area (Å²) in [5.41, 5.74) is -1.34. The topological polar surface area (TPSA) is 181 Å². The van der Waals surface area contributed by atoms with Crippen LogP contribution in [0.3, 0.4) is 0 Å². The normalized spacial score (nSPS) is 15.2. The van der Waals surface area contributed by atoms with Crippen molar-refractivity contribution in [3.63, 3.8) is 0 Å². The number of nitrogens with zero attached hydrogens (tertiary/aromatic N) is 8. The van der Waals surface area contributed by atoms with Gasteiger partial charge in [-0.15, -0.1) is 0 Å². The molecule has 0 spiro atoms. The van der Waals surface area contributed by atoms with Gasteiger partial charge >= 0.3 is 22.7 Å². The van der Waals surface area contributed by atoms with E-state index >= 15 is 0 Å². The summed E-state index contributed by atoms with van der Waals surface area (Å²) >= 11 is 0.